The highest BCUT2D eigenvalue weighted by molar-refractivity contribution is 7.89. The maximum atomic E-state index is 11.4. The van der Waals surface area contributed by atoms with Crippen LogP contribution in [0.2, 0.25) is 0 Å². The summed E-state index contributed by atoms with van der Waals surface area (Å²) in [6, 6.07) is 3.56. The molecular weight excluding hydrogens is 254 g/mol. The van der Waals surface area contributed by atoms with Gasteiger partial charge >= 0.3 is 0 Å². The van der Waals surface area contributed by atoms with Gasteiger partial charge in [0.25, 0.3) is 0 Å². The van der Waals surface area contributed by atoms with Crippen LogP contribution in [-0.2, 0) is 10.0 Å². The molecule has 1 heterocycles. The van der Waals surface area contributed by atoms with Crippen molar-refractivity contribution in [1.29, 1.82) is 0 Å². The number of aromatic nitrogens is 1. The second-order valence-corrected chi connectivity index (χ2v) is 5.45. The first-order chi connectivity index (χ1) is 8.59. The molecule has 0 saturated carbocycles. The smallest absolute Gasteiger partial charge is 0.213 e. The Morgan fingerprint density at radius 1 is 1.39 bits per heavy atom. The molecule has 0 radical (unpaired) electrons. The van der Waals surface area contributed by atoms with Crippen LogP contribution in [0.5, 0.6) is 5.75 Å². The van der Waals surface area contributed by atoms with Gasteiger partial charge in [-0.25, -0.2) is 18.1 Å². The van der Waals surface area contributed by atoms with Gasteiger partial charge in [-0.15, -0.1) is 0 Å². The molecule has 18 heavy (non-hydrogen) atoms. The van der Waals surface area contributed by atoms with E-state index in [1.807, 2.05) is 6.92 Å². The van der Waals surface area contributed by atoms with Gasteiger partial charge in [-0.1, -0.05) is 6.92 Å². The second-order valence-electron chi connectivity index (χ2n) is 3.53. The minimum Gasteiger partial charge on any atom is -0.490 e. The van der Waals surface area contributed by atoms with E-state index in [4.69, 9.17) is 4.74 Å². The van der Waals surface area contributed by atoms with Crippen LogP contribution >= 0.6 is 0 Å². The lowest BCUT2D eigenvalue weighted by atomic mass is 10.4. The lowest BCUT2D eigenvalue weighted by Gasteiger charge is -2.11. The molecule has 102 valence electrons. The van der Waals surface area contributed by atoms with E-state index in [-0.39, 0.29) is 12.3 Å². The molecule has 1 aromatic heterocycles. The van der Waals surface area contributed by atoms with Gasteiger partial charge in [0, 0.05) is 19.3 Å². The number of ether oxygens (including phenoxy) is 1. The number of nitrogens with one attached hydrogen (secondary N) is 2. The Balaban J connectivity index is 2.53. The van der Waals surface area contributed by atoms with Crippen LogP contribution in [0, 0.1) is 0 Å². The summed E-state index contributed by atoms with van der Waals surface area (Å²) in [6.45, 7) is 4.85. The molecule has 1 rings (SSSR count). The maximum Gasteiger partial charge on any atom is 0.213 e. The van der Waals surface area contributed by atoms with Crippen LogP contribution in [0.3, 0.4) is 0 Å². The summed E-state index contributed by atoms with van der Waals surface area (Å²) in [5, 5.41) is 2.96. The zero-order valence-corrected chi connectivity index (χ0v) is 11.5. The lowest BCUT2D eigenvalue weighted by Crippen LogP contribution is -2.29. The first-order valence-electron chi connectivity index (χ1n) is 5.88. The zero-order valence-electron chi connectivity index (χ0n) is 10.6. The van der Waals surface area contributed by atoms with Crippen molar-refractivity contribution in [2.75, 3.05) is 30.8 Å². The number of sulfonamides is 1. The lowest BCUT2D eigenvalue weighted by molar-refractivity contribution is 0.340. The summed E-state index contributed by atoms with van der Waals surface area (Å²) < 4.78 is 30.7. The Kier molecular flexibility index (Phi) is 5.87. The molecule has 0 aliphatic heterocycles. The summed E-state index contributed by atoms with van der Waals surface area (Å²) in [6.07, 6.45) is 1.63. The first-order valence-corrected chi connectivity index (χ1v) is 7.53. The summed E-state index contributed by atoms with van der Waals surface area (Å²) in [5.74, 6) is 1.19. The normalized spacial score (nSPS) is 11.2. The van der Waals surface area contributed by atoms with Gasteiger partial charge in [0.15, 0.2) is 11.6 Å². The molecule has 0 aliphatic rings. The van der Waals surface area contributed by atoms with Crippen molar-refractivity contribution in [2.45, 2.75) is 13.8 Å². The van der Waals surface area contributed by atoms with E-state index in [1.54, 1.807) is 25.3 Å². The highest BCUT2D eigenvalue weighted by Gasteiger charge is 2.09. The maximum absolute atomic E-state index is 11.4. The van der Waals surface area contributed by atoms with Gasteiger partial charge in [0.2, 0.25) is 10.0 Å². The van der Waals surface area contributed by atoms with Gasteiger partial charge in [-0.3, -0.25) is 0 Å². The predicted molar refractivity (Wildman–Crippen MR) is 71.4 cm³/mol. The zero-order chi connectivity index (χ0) is 13.4. The van der Waals surface area contributed by atoms with Crippen LogP contribution in [-0.4, -0.2) is 38.9 Å². The monoisotopic (exact) mass is 273 g/mol. The largest absolute Gasteiger partial charge is 0.490 e. The van der Waals surface area contributed by atoms with E-state index in [0.717, 1.165) is 0 Å². The molecule has 7 heteroatoms. The fourth-order valence-corrected chi connectivity index (χ4v) is 2.35. The summed E-state index contributed by atoms with van der Waals surface area (Å²) >= 11 is 0. The molecule has 1 aromatic rings. The molecule has 2 N–H and O–H groups in total. The Labute approximate surface area is 108 Å². The molecule has 0 unspecified atom stereocenters. The third-order valence-corrected chi connectivity index (χ3v) is 3.57. The van der Waals surface area contributed by atoms with Gasteiger partial charge < -0.3 is 10.1 Å². The highest BCUT2D eigenvalue weighted by Crippen LogP contribution is 2.20. The van der Waals surface area contributed by atoms with Crippen molar-refractivity contribution in [3.63, 3.8) is 0 Å². The summed E-state index contributed by atoms with van der Waals surface area (Å²) in [4.78, 5) is 4.11. The predicted octanol–water partition coefficient (Wildman–Crippen LogP) is 0.831. The number of hydrogen-bond acceptors (Lipinski definition) is 5. The average Bonchev–Trinajstić information content (AvgIpc) is 2.31. The topological polar surface area (TPSA) is 80.3 Å². The van der Waals surface area contributed by atoms with E-state index < -0.39 is 10.0 Å². The minimum atomic E-state index is -3.21. The summed E-state index contributed by atoms with van der Waals surface area (Å²) in [7, 11) is -3.21. The molecule has 0 fully saturated rings. The molecular formula is C11H19N3O3S. The third kappa shape index (κ3) is 4.89. The fourth-order valence-electron chi connectivity index (χ4n) is 1.39. The van der Waals surface area contributed by atoms with Crippen molar-refractivity contribution < 1.29 is 13.2 Å². The van der Waals surface area contributed by atoms with Crippen LogP contribution < -0.4 is 14.8 Å². The first kappa shape index (κ1) is 14.7. The molecule has 0 spiro atoms. The van der Waals surface area contributed by atoms with Crippen molar-refractivity contribution in [3.8, 4) is 5.75 Å². The van der Waals surface area contributed by atoms with Gasteiger partial charge in [-0.05, 0) is 19.1 Å². The van der Waals surface area contributed by atoms with E-state index in [2.05, 4.69) is 15.0 Å². The van der Waals surface area contributed by atoms with Gasteiger partial charge in [0.1, 0.15) is 0 Å². The molecule has 0 aromatic carbocycles. The standard InChI is InChI=1S/C11H19N3O3S/c1-3-14-18(15,16)9-8-13-11-10(17-4-2)6-5-7-12-11/h5-7,14H,3-4,8-9H2,1-2H3,(H,12,13). The number of anilines is 1. The fraction of sp³-hybridized carbons (Fsp3) is 0.545. The highest BCUT2D eigenvalue weighted by atomic mass is 32.2. The Hall–Kier alpha value is -1.34. The number of rotatable bonds is 8. The molecule has 0 saturated heterocycles. The van der Waals surface area contributed by atoms with Crippen LogP contribution in [0.4, 0.5) is 5.82 Å². The van der Waals surface area contributed by atoms with E-state index in [9.17, 15) is 8.42 Å². The quantitative estimate of drug-likeness (QED) is 0.733. The van der Waals surface area contributed by atoms with Gasteiger partial charge in [0.05, 0.1) is 12.4 Å². The molecule has 0 atom stereocenters. The molecule has 0 amide bonds. The second kappa shape index (κ2) is 7.17. The van der Waals surface area contributed by atoms with Gasteiger partial charge in [-0.2, -0.15) is 0 Å². The third-order valence-electron chi connectivity index (χ3n) is 2.10. The van der Waals surface area contributed by atoms with Crippen molar-refractivity contribution in [1.82, 2.24) is 9.71 Å². The number of hydrogen-bond donors (Lipinski definition) is 2. The SMILES string of the molecule is CCNS(=O)(=O)CCNc1ncccc1OCC. The van der Waals surface area contributed by atoms with E-state index in [0.29, 0.717) is 24.7 Å². The molecule has 0 bridgehead atoms. The van der Waals surface area contributed by atoms with Crippen LogP contribution in [0.25, 0.3) is 0 Å². The van der Waals surface area contributed by atoms with Crippen LogP contribution in [0.1, 0.15) is 13.8 Å². The van der Waals surface area contributed by atoms with E-state index >= 15 is 0 Å². The van der Waals surface area contributed by atoms with Crippen molar-refractivity contribution in [3.05, 3.63) is 18.3 Å². The number of pyridine rings is 1. The Bertz CT molecular complexity index is 462. The minimum absolute atomic E-state index is 0.00296. The van der Waals surface area contributed by atoms with Crippen molar-refractivity contribution >= 4 is 15.8 Å². The Morgan fingerprint density at radius 2 is 2.17 bits per heavy atom. The van der Waals surface area contributed by atoms with Crippen molar-refractivity contribution in [2.24, 2.45) is 0 Å². The Morgan fingerprint density at radius 3 is 2.83 bits per heavy atom. The number of nitrogens with zero attached hydrogens (tertiary/aromatic N) is 1. The molecule has 0 aliphatic carbocycles. The average molecular weight is 273 g/mol. The molecule has 6 nitrogen and oxygen atoms in total. The van der Waals surface area contributed by atoms with Crippen LogP contribution in [0.15, 0.2) is 18.3 Å². The summed E-state index contributed by atoms with van der Waals surface area (Å²) in [5.41, 5.74) is 0. The van der Waals surface area contributed by atoms with E-state index in [1.165, 1.54) is 0 Å².